The lowest BCUT2D eigenvalue weighted by atomic mass is 10.3. The van der Waals surface area contributed by atoms with E-state index < -0.39 is 5.82 Å². The highest BCUT2D eigenvalue weighted by molar-refractivity contribution is 9.10. The summed E-state index contributed by atoms with van der Waals surface area (Å²) in [5.41, 5.74) is 0.531. The second-order valence-electron chi connectivity index (χ2n) is 3.30. The van der Waals surface area contributed by atoms with E-state index in [1.807, 2.05) is 0 Å². The van der Waals surface area contributed by atoms with Gasteiger partial charge in [-0.3, -0.25) is 4.79 Å². The molecule has 0 radical (unpaired) electrons. The SMILES string of the molecule is O=c1ccn(-c2ccc(Br)c(F)c2)nc1CCl. The third-order valence-corrected chi connectivity index (χ3v) is 3.07. The highest BCUT2D eigenvalue weighted by Crippen LogP contribution is 2.18. The van der Waals surface area contributed by atoms with Crippen LogP contribution in [0.25, 0.3) is 5.69 Å². The van der Waals surface area contributed by atoms with Crippen molar-refractivity contribution in [1.29, 1.82) is 0 Å². The zero-order valence-electron chi connectivity index (χ0n) is 8.53. The van der Waals surface area contributed by atoms with Crippen molar-refractivity contribution in [2.24, 2.45) is 0 Å². The van der Waals surface area contributed by atoms with Gasteiger partial charge in [0.2, 0.25) is 5.43 Å². The van der Waals surface area contributed by atoms with Crippen LogP contribution in [0, 0.1) is 5.82 Å². The Hall–Kier alpha value is -1.20. The van der Waals surface area contributed by atoms with E-state index in [4.69, 9.17) is 11.6 Å². The molecule has 0 amide bonds. The van der Waals surface area contributed by atoms with Crippen LogP contribution in [0.5, 0.6) is 0 Å². The first-order valence-electron chi connectivity index (χ1n) is 4.72. The fraction of sp³-hybridized carbons (Fsp3) is 0.0909. The van der Waals surface area contributed by atoms with E-state index in [0.717, 1.165) is 0 Å². The highest BCUT2D eigenvalue weighted by Gasteiger charge is 2.05. The van der Waals surface area contributed by atoms with Crippen LogP contribution in [-0.2, 0) is 5.88 Å². The summed E-state index contributed by atoms with van der Waals surface area (Å²) in [7, 11) is 0. The molecule has 6 heteroatoms. The Morgan fingerprint density at radius 2 is 2.18 bits per heavy atom. The van der Waals surface area contributed by atoms with Gasteiger partial charge in [-0.25, -0.2) is 9.07 Å². The average Bonchev–Trinajstić information content (AvgIpc) is 2.33. The molecular weight excluding hydrogens is 310 g/mol. The Labute approximate surface area is 110 Å². The first kappa shape index (κ1) is 12.3. The lowest BCUT2D eigenvalue weighted by molar-refractivity contribution is 0.618. The quantitative estimate of drug-likeness (QED) is 0.798. The Balaban J connectivity index is 2.53. The summed E-state index contributed by atoms with van der Waals surface area (Å²) in [5, 5.41) is 4.02. The Morgan fingerprint density at radius 3 is 2.82 bits per heavy atom. The maximum Gasteiger partial charge on any atom is 0.204 e. The van der Waals surface area contributed by atoms with Crippen molar-refractivity contribution >= 4 is 27.5 Å². The van der Waals surface area contributed by atoms with E-state index in [9.17, 15) is 9.18 Å². The molecule has 1 aromatic heterocycles. The van der Waals surface area contributed by atoms with Crippen LogP contribution in [0.3, 0.4) is 0 Å². The zero-order chi connectivity index (χ0) is 12.4. The summed E-state index contributed by atoms with van der Waals surface area (Å²) in [4.78, 5) is 11.3. The molecule has 3 nitrogen and oxygen atoms in total. The third kappa shape index (κ3) is 2.56. The van der Waals surface area contributed by atoms with Crippen LogP contribution >= 0.6 is 27.5 Å². The normalized spacial score (nSPS) is 10.5. The number of alkyl halides is 1. The number of aromatic nitrogens is 2. The smallest absolute Gasteiger partial charge is 0.204 e. The van der Waals surface area contributed by atoms with Gasteiger partial charge in [0.15, 0.2) is 0 Å². The van der Waals surface area contributed by atoms with E-state index in [1.54, 1.807) is 12.1 Å². The van der Waals surface area contributed by atoms with Gasteiger partial charge >= 0.3 is 0 Å². The molecule has 1 aromatic carbocycles. The van der Waals surface area contributed by atoms with Crippen molar-refractivity contribution in [1.82, 2.24) is 9.78 Å². The van der Waals surface area contributed by atoms with E-state index in [0.29, 0.717) is 10.2 Å². The maximum atomic E-state index is 13.4. The molecule has 2 rings (SSSR count). The van der Waals surface area contributed by atoms with Crippen LogP contribution in [-0.4, -0.2) is 9.78 Å². The summed E-state index contributed by atoms with van der Waals surface area (Å²) in [6.45, 7) is 0. The van der Waals surface area contributed by atoms with Crippen LogP contribution in [0.1, 0.15) is 5.69 Å². The van der Waals surface area contributed by atoms with Gasteiger partial charge in [0.25, 0.3) is 0 Å². The van der Waals surface area contributed by atoms with Crippen molar-refractivity contribution in [2.45, 2.75) is 5.88 Å². The fourth-order valence-corrected chi connectivity index (χ4v) is 1.74. The molecule has 0 saturated heterocycles. The molecule has 0 unspecified atom stereocenters. The molecular formula is C11H7BrClFN2O. The van der Waals surface area contributed by atoms with Gasteiger partial charge in [-0.15, -0.1) is 11.6 Å². The summed E-state index contributed by atoms with van der Waals surface area (Å²) in [6, 6.07) is 5.93. The minimum atomic E-state index is -0.393. The van der Waals surface area contributed by atoms with Gasteiger partial charge in [0.05, 0.1) is 16.0 Å². The molecule has 0 N–H and O–H groups in total. The standard InChI is InChI=1S/C11H7BrClFN2O/c12-8-2-1-7(5-9(8)14)16-4-3-11(17)10(6-13)15-16/h1-5H,6H2. The molecule has 1 heterocycles. The van der Waals surface area contributed by atoms with Crippen LogP contribution in [0.2, 0.25) is 0 Å². The first-order chi connectivity index (χ1) is 8.11. The number of nitrogens with zero attached hydrogens (tertiary/aromatic N) is 2. The average molecular weight is 318 g/mol. The molecule has 0 atom stereocenters. The lowest BCUT2D eigenvalue weighted by Crippen LogP contribution is -2.14. The number of halogens is 3. The van der Waals surface area contributed by atoms with Gasteiger partial charge in [-0.05, 0) is 28.1 Å². The van der Waals surface area contributed by atoms with Crippen molar-refractivity contribution in [3.05, 3.63) is 56.7 Å². The molecule has 0 saturated carbocycles. The largest absolute Gasteiger partial charge is 0.288 e. The second kappa shape index (κ2) is 4.98. The Bertz CT molecular complexity index is 615. The van der Waals surface area contributed by atoms with Gasteiger partial charge in [-0.2, -0.15) is 5.10 Å². The topological polar surface area (TPSA) is 34.9 Å². The summed E-state index contributed by atoms with van der Waals surface area (Å²) in [6.07, 6.45) is 1.47. The lowest BCUT2D eigenvalue weighted by Gasteiger charge is -2.06. The monoisotopic (exact) mass is 316 g/mol. The molecule has 17 heavy (non-hydrogen) atoms. The number of hydrogen-bond acceptors (Lipinski definition) is 2. The van der Waals surface area contributed by atoms with Crippen molar-refractivity contribution in [3.63, 3.8) is 0 Å². The van der Waals surface area contributed by atoms with Crippen molar-refractivity contribution in [2.75, 3.05) is 0 Å². The van der Waals surface area contributed by atoms with Crippen LogP contribution in [0.4, 0.5) is 4.39 Å². The van der Waals surface area contributed by atoms with Crippen LogP contribution < -0.4 is 5.43 Å². The third-order valence-electron chi connectivity index (χ3n) is 2.17. The van der Waals surface area contributed by atoms with Gasteiger partial charge < -0.3 is 0 Å². The van der Waals surface area contributed by atoms with E-state index in [1.165, 1.54) is 23.0 Å². The van der Waals surface area contributed by atoms with Crippen LogP contribution in [0.15, 0.2) is 39.7 Å². The fourth-order valence-electron chi connectivity index (χ4n) is 1.31. The summed E-state index contributed by atoms with van der Waals surface area (Å²) >= 11 is 8.66. The molecule has 2 aromatic rings. The molecule has 0 aliphatic carbocycles. The number of benzene rings is 1. The Morgan fingerprint density at radius 1 is 1.41 bits per heavy atom. The van der Waals surface area contributed by atoms with Crippen molar-refractivity contribution in [3.8, 4) is 5.69 Å². The van der Waals surface area contributed by atoms with E-state index >= 15 is 0 Å². The summed E-state index contributed by atoms with van der Waals surface area (Å²) < 4.78 is 15.1. The predicted octanol–water partition coefficient (Wildman–Crippen LogP) is 2.87. The molecule has 88 valence electrons. The van der Waals surface area contributed by atoms with Crippen molar-refractivity contribution < 1.29 is 4.39 Å². The first-order valence-corrected chi connectivity index (χ1v) is 6.05. The summed E-state index contributed by atoms with van der Waals surface area (Å²) in [5.74, 6) is -0.367. The predicted molar refractivity (Wildman–Crippen MR) is 67.0 cm³/mol. The molecule has 0 aliphatic rings. The van der Waals surface area contributed by atoms with E-state index in [-0.39, 0.29) is 17.0 Å². The minimum absolute atomic E-state index is 0.0265. The molecule has 0 fully saturated rings. The van der Waals surface area contributed by atoms with Gasteiger partial charge in [-0.1, -0.05) is 0 Å². The number of hydrogen-bond donors (Lipinski definition) is 0. The molecule has 0 aliphatic heterocycles. The maximum absolute atomic E-state index is 13.4. The Kier molecular flexibility index (Phi) is 3.59. The number of rotatable bonds is 2. The zero-order valence-corrected chi connectivity index (χ0v) is 10.9. The second-order valence-corrected chi connectivity index (χ2v) is 4.42. The molecule has 0 spiro atoms. The minimum Gasteiger partial charge on any atom is -0.288 e. The van der Waals surface area contributed by atoms with E-state index in [2.05, 4.69) is 21.0 Å². The molecule has 0 bridgehead atoms. The van der Waals surface area contributed by atoms with Gasteiger partial charge in [0.1, 0.15) is 11.5 Å². The highest BCUT2D eigenvalue weighted by atomic mass is 79.9. The van der Waals surface area contributed by atoms with Gasteiger partial charge in [0, 0.05) is 18.3 Å².